The molecule has 1 unspecified atom stereocenters. The molecule has 1 atom stereocenters. The third-order valence-electron chi connectivity index (χ3n) is 3.04. The summed E-state index contributed by atoms with van der Waals surface area (Å²) in [5.41, 5.74) is 1.67. The summed E-state index contributed by atoms with van der Waals surface area (Å²) < 4.78 is 2.68. The van der Waals surface area contributed by atoms with Crippen molar-refractivity contribution in [1.29, 1.82) is 0 Å². The van der Waals surface area contributed by atoms with Gasteiger partial charge in [0.25, 0.3) is 0 Å². The van der Waals surface area contributed by atoms with E-state index in [-0.39, 0.29) is 0 Å². The van der Waals surface area contributed by atoms with Crippen LogP contribution in [0.15, 0.2) is 10.7 Å². The van der Waals surface area contributed by atoms with Gasteiger partial charge in [-0.2, -0.15) is 5.10 Å². The number of aliphatic hydroxyl groups excluding tert-OH is 1. The van der Waals surface area contributed by atoms with Crippen LogP contribution in [0, 0.1) is 13.8 Å². The summed E-state index contributed by atoms with van der Waals surface area (Å²) in [6.45, 7) is 5.49. The normalized spacial score (nSPS) is 13.2. The monoisotopic (exact) mass is 358 g/mol. The standard InChI is InChI=1S/C13H19BrN4OS/c1-8-13(20-9(2)16-8)12(19)11-10(14)7-15-18(11)6-5-17(3)4/h7,12,19H,5-6H2,1-4H3. The van der Waals surface area contributed by atoms with Crippen LogP contribution in [0.5, 0.6) is 0 Å². The maximum absolute atomic E-state index is 10.7. The van der Waals surface area contributed by atoms with E-state index in [0.29, 0.717) is 0 Å². The average molecular weight is 359 g/mol. The van der Waals surface area contributed by atoms with Crippen LogP contribution in [-0.2, 0) is 6.54 Å². The summed E-state index contributed by atoms with van der Waals surface area (Å²) in [7, 11) is 4.04. The Bertz CT molecular complexity index is 593. The van der Waals surface area contributed by atoms with Crippen molar-refractivity contribution < 1.29 is 5.11 Å². The molecule has 0 bridgehead atoms. The lowest BCUT2D eigenvalue weighted by Crippen LogP contribution is -2.21. The zero-order valence-corrected chi connectivity index (χ0v) is 14.5. The quantitative estimate of drug-likeness (QED) is 0.891. The minimum atomic E-state index is -0.694. The molecule has 0 radical (unpaired) electrons. The highest BCUT2D eigenvalue weighted by atomic mass is 79.9. The lowest BCUT2D eigenvalue weighted by Gasteiger charge is -2.15. The van der Waals surface area contributed by atoms with Crippen LogP contribution in [0.1, 0.15) is 27.4 Å². The van der Waals surface area contributed by atoms with E-state index in [1.165, 1.54) is 11.3 Å². The SMILES string of the molecule is Cc1nc(C)c(C(O)c2c(Br)cnn2CCN(C)C)s1. The maximum Gasteiger partial charge on any atom is 0.133 e. The average Bonchev–Trinajstić information content (AvgIpc) is 2.89. The van der Waals surface area contributed by atoms with Gasteiger partial charge in [-0.3, -0.25) is 4.68 Å². The molecule has 0 saturated heterocycles. The summed E-state index contributed by atoms with van der Waals surface area (Å²) in [4.78, 5) is 7.36. The number of aromatic nitrogens is 3. The molecule has 0 aliphatic heterocycles. The first-order valence-electron chi connectivity index (χ1n) is 6.38. The summed E-state index contributed by atoms with van der Waals surface area (Å²) in [5, 5.41) is 16.0. The second-order valence-corrected chi connectivity index (χ2v) is 7.08. The Labute approximate surface area is 131 Å². The number of thiazole rings is 1. The minimum Gasteiger partial charge on any atom is -0.381 e. The molecular weight excluding hydrogens is 340 g/mol. The molecular formula is C13H19BrN4OS. The molecule has 5 nitrogen and oxygen atoms in total. The van der Waals surface area contributed by atoms with E-state index in [4.69, 9.17) is 0 Å². The Morgan fingerprint density at radius 1 is 1.45 bits per heavy atom. The maximum atomic E-state index is 10.7. The molecule has 1 N–H and O–H groups in total. The Morgan fingerprint density at radius 2 is 2.15 bits per heavy atom. The molecule has 2 aromatic heterocycles. The van der Waals surface area contributed by atoms with Crippen LogP contribution >= 0.6 is 27.3 Å². The largest absolute Gasteiger partial charge is 0.381 e. The molecule has 0 spiro atoms. The van der Waals surface area contributed by atoms with Crippen LogP contribution in [0.3, 0.4) is 0 Å². The van der Waals surface area contributed by atoms with E-state index in [2.05, 4.69) is 30.9 Å². The minimum absolute atomic E-state index is 0.694. The molecule has 0 saturated carbocycles. The number of hydrogen-bond donors (Lipinski definition) is 1. The van der Waals surface area contributed by atoms with E-state index in [9.17, 15) is 5.11 Å². The van der Waals surface area contributed by atoms with E-state index in [1.807, 2.05) is 32.6 Å². The van der Waals surface area contributed by atoms with E-state index >= 15 is 0 Å². The zero-order valence-electron chi connectivity index (χ0n) is 12.1. The summed E-state index contributed by atoms with van der Waals surface area (Å²) in [6, 6.07) is 0. The summed E-state index contributed by atoms with van der Waals surface area (Å²) >= 11 is 5.01. The van der Waals surface area contributed by atoms with Crippen molar-refractivity contribution in [3.05, 3.63) is 31.9 Å². The third kappa shape index (κ3) is 3.28. The van der Waals surface area contributed by atoms with Gasteiger partial charge in [0.2, 0.25) is 0 Å². The van der Waals surface area contributed by atoms with Crippen molar-refractivity contribution in [1.82, 2.24) is 19.7 Å². The first-order chi connectivity index (χ1) is 9.40. The first-order valence-corrected chi connectivity index (χ1v) is 7.99. The van der Waals surface area contributed by atoms with Gasteiger partial charge in [-0.15, -0.1) is 11.3 Å². The highest BCUT2D eigenvalue weighted by Gasteiger charge is 2.23. The fraction of sp³-hybridized carbons (Fsp3) is 0.538. The highest BCUT2D eigenvalue weighted by Crippen LogP contribution is 2.33. The Morgan fingerprint density at radius 3 is 2.70 bits per heavy atom. The topological polar surface area (TPSA) is 54.2 Å². The smallest absolute Gasteiger partial charge is 0.133 e. The van der Waals surface area contributed by atoms with Gasteiger partial charge in [0, 0.05) is 6.54 Å². The van der Waals surface area contributed by atoms with Crippen LogP contribution in [0.25, 0.3) is 0 Å². The van der Waals surface area contributed by atoms with Crippen molar-refractivity contribution in [2.24, 2.45) is 0 Å². The predicted octanol–water partition coefficient (Wildman–Crippen LogP) is 2.36. The molecule has 2 rings (SSSR count). The number of nitrogens with zero attached hydrogens (tertiary/aromatic N) is 4. The molecule has 0 fully saturated rings. The molecule has 2 aromatic rings. The number of halogens is 1. The fourth-order valence-corrected chi connectivity index (χ4v) is 3.47. The van der Waals surface area contributed by atoms with Gasteiger partial charge in [-0.05, 0) is 43.9 Å². The first kappa shape index (κ1) is 15.6. The molecule has 20 heavy (non-hydrogen) atoms. The second-order valence-electron chi connectivity index (χ2n) is 4.99. The van der Waals surface area contributed by atoms with Crippen LogP contribution in [0.2, 0.25) is 0 Å². The van der Waals surface area contributed by atoms with Crippen molar-refractivity contribution in [2.75, 3.05) is 20.6 Å². The van der Waals surface area contributed by atoms with Gasteiger partial charge in [-0.25, -0.2) is 4.98 Å². The molecule has 2 heterocycles. The van der Waals surface area contributed by atoms with Gasteiger partial charge in [0.05, 0.1) is 38.5 Å². The lowest BCUT2D eigenvalue weighted by atomic mass is 10.2. The molecule has 0 aromatic carbocycles. The zero-order chi connectivity index (χ0) is 14.9. The number of aliphatic hydroxyl groups is 1. The van der Waals surface area contributed by atoms with Crippen molar-refractivity contribution in [3.8, 4) is 0 Å². The Kier molecular flexibility index (Phi) is 4.95. The Hall–Kier alpha value is -0.760. The van der Waals surface area contributed by atoms with E-state index in [0.717, 1.165) is 38.8 Å². The van der Waals surface area contributed by atoms with E-state index < -0.39 is 6.10 Å². The number of aryl methyl sites for hydroxylation is 2. The summed E-state index contributed by atoms with van der Waals surface area (Å²) in [6.07, 6.45) is 1.04. The van der Waals surface area contributed by atoms with Crippen LogP contribution in [-0.4, -0.2) is 45.4 Å². The highest BCUT2D eigenvalue weighted by molar-refractivity contribution is 9.10. The summed E-state index contributed by atoms with van der Waals surface area (Å²) in [5.74, 6) is 0. The van der Waals surface area contributed by atoms with Crippen molar-refractivity contribution >= 4 is 27.3 Å². The van der Waals surface area contributed by atoms with Gasteiger partial charge >= 0.3 is 0 Å². The second kappa shape index (κ2) is 6.34. The van der Waals surface area contributed by atoms with Gasteiger partial charge < -0.3 is 10.0 Å². The fourth-order valence-electron chi connectivity index (χ4n) is 2.04. The van der Waals surface area contributed by atoms with Gasteiger partial charge in [0.15, 0.2) is 0 Å². The van der Waals surface area contributed by atoms with Gasteiger partial charge in [-0.1, -0.05) is 0 Å². The number of rotatable bonds is 5. The predicted molar refractivity (Wildman–Crippen MR) is 84.1 cm³/mol. The third-order valence-corrected chi connectivity index (χ3v) is 4.78. The van der Waals surface area contributed by atoms with Crippen LogP contribution < -0.4 is 0 Å². The lowest BCUT2D eigenvalue weighted by molar-refractivity contribution is 0.207. The van der Waals surface area contributed by atoms with Crippen molar-refractivity contribution in [2.45, 2.75) is 26.5 Å². The number of hydrogen-bond acceptors (Lipinski definition) is 5. The molecule has 7 heteroatoms. The molecule has 0 amide bonds. The van der Waals surface area contributed by atoms with Crippen molar-refractivity contribution in [3.63, 3.8) is 0 Å². The van der Waals surface area contributed by atoms with Gasteiger partial charge in [0.1, 0.15) is 6.10 Å². The molecule has 110 valence electrons. The molecule has 0 aliphatic rings. The van der Waals surface area contributed by atoms with E-state index in [1.54, 1.807) is 6.20 Å². The van der Waals surface area contributed by atoms with Crippen LogP contribution in [0.4, 0.5) is 0 Å². The Balaban J connectivity index is 2.31. The number of likely N-dealkylation sites (N-methyl/N-ethyl adjacent to an activating group) is 1. The molecule has 0 aliphatic carbocycles.